The summed E-state index contributed by atoms with van der Waals surface area (Å²) in [7, 11) is 0. The zero-order valence-corrected chi connectivity index (χ0v) is 16.2. The van der Waals surface area contributed by atoms with Crippen molar-refractivity contribution in [2.24, 2.45) is 0 Å². The van der Waals surface area contributed by atoms with E-state index in [1.165, 1.54) is 0 Å². The van der Waals surface area contributed by atoms with Crippen molar-refractivity contribution in [3.05, 3.63) is 97.1 Å². The molecule has 0 aromatic heterocycles. The van der Waals surface area contributed by atoms with Gasteiger partial charge in [0, 0.05) is 10.8 Å². The number of rotatable bonds is 4. The monoisotopic (exact) mass is 392 g/mol. The summed E-state index contributed by atoms with van der Waals surface area (Å²) in [4.78, 5) is 0. The van der Waals surface area contributed by atoms with Crippen LogP contribution in [0.2, 0.25) is 0 Å². The van der Waals surface area contributed by atoms with Gasteiger partial charge < -0.3 is 20.9 Å². The second kappa shape index (κ2) is 7.33. The van der Waals surface area contributed by atoms with E-state index in [2.05, 4.69) is 12.1 Å². The van der Waals surface area contributed by atoms with E-state index in [1.54, 1.807) is 0 Å². The Kier molecular flexibility index (Phi) is 4.37. The summed E-state index contributed by atoms with van der Waals surface area (Å²) in [5.41, 5.74) is 14.2. The molecule has 0 aliphatic carbocycles. The van der Waals surface area contributed by atoms with Crippen molar-refractivity contribution in [3.63, 3.8) is 0 Å². The first-order chi connectivity index (χ1) is 14.7. The molecule has 30 heavy (non-hydrogen) atoms. The molecule has 0 unspecified atom stereocenters. The highest BCUT2D eigenvalue weighted by Gasteiger charge is 2.21. The Morgan fingerprint density at radius 3 is 1.23 bits per heavy atom. The molecule has 0 heterocycles. The first-order valence-corrected chi connectivity index (χ1v) is 9.70. The number of hydrogen-bond donors (Lipinski definition) is 2. The number of para-hydroxylation sites is 2. The topological polar surface area (TPSA) is 70.5 Å². The third-order valence-corrected chi connectivity index (χ3v) is 5.09. The fourth-order valence-corrected chi connectivity index (χ4v) is 3.59. The molecule has 5 aromatic rings. The number of benzene rings is 5. The molecular formula is C26H20N2O2. The third-order valence-electron chi connectivity index (χ3n) is 5.09. The van der Waals surface area contributed by atoms with Gasteiger partial charge >= 0.3 is 0 Å². The molecule has 0 aliphatic heterocycles. The van der Waals surface area contributed by atoms with Crippen molar-refractivity contribution in [1.82, 2.24) is 0 Å². The van der Waals surface area contributed by atoms with E-state index in [4.69, 9.17) is 20.9 Å². The number of ether oxygens (including phenoxy) is 2. The highest BCUT2D eigenvalue weighted by Crippen LogP contribution is 2.49. The molecule has 0 atom stereocenters. The molecule has 5 aromatic carbocycles. The Bertz CT molecular complexity index is 1240. The van der Waals surface area contributed by atoms with Gasteiger partial charge in [0.15, 0.2) is 11.5 Å². The summed E-state index contributed by atoms with van der Waals surface area (Å²) < 4.78 is 12.4. The van der Waals surface area contributed by atoms with Crippen molar-refractivity contribution >= 4 is 32.9 Å². The smallest absolute Gasteiger partial charge is 0.195 e. The van der Waals surface area contributed by atoms with Crippen molar-refractivity contribution in [2.75, 3.05) is 11.5 Å². The van der Waals surface area contributed by atoms with E-state index in [0.29, 0.717) is 34.4 Å². The van der Waals surface area contributed by atoms with Crippen LogP contribution in [-0.2, 0) is 0 Å². The lowest BCUT2D eigenvalue weighted by Crippen LogP contribution is -2.02. The van der Waals surface area contributed by atoms with Gasteiger partial charge in [0.25, 0.3) is 0 Å². The molecule has 146 valence electrons. The van der Waals surface area contributed by atoms with Crippen LogP contribution in [0.1, 0.15) is 0 Å². The SMILES string of the molecule is Nc1c(Oc2ccccc2)c(Oc2ccccc2)c(N)c2cc3ccccc3cc12. The maximum Gasteiger partial charge on any atom is 0.195 e. The quantitative estimate of drug-likeness (QED) is 0.262. The fraction of sp³-hybridized carbons (Fsp3) is 0. The molecule has 4 N–H and O–H groups in total. The summed E-state index contributed by atoms with van der Waals surface area (Å²) >= 11 is 0. The number of nitrogen functional groups attached to an aromatic ring is 2. The molecule has 4 nitrogen and oxygen atoms in total. The summed E-state index contributed by atoms with van der Waals surface area (Å²) in [6.45, 7) is 0. The van der Waals surface area contributed by atoms with Gasteiger partial charge in [-0.15, -0.1) is 0 Å². The molecule has 4 heteroatoms. The normalized spacial score (nSPS) is 10.9. The predicted octanol–water partition coefficient (Wildman–Crippen LogP) is 6.74. The molecule has 0 amide bonds. The van der Waals surface area contributed by atoms with Gasteiger partial charge in [-0.05, 0) is 47.2 Å². The Morgan fingerprint density at radius 2 is 0.833 bits per heavy atom. The van der Waals surface area contributed by atoms with E-state index in [-0.39, 0.29) is 0 Å². The van der Waals surface area contributed by atoms with Crippen LogP contribution < -0.4 is 20.9 Å². The number of fused-ring (bicyclic) bond motifs is 2. The first kappa shape index (κ1) is 17.9. The molecular weight excluding hydrogens is 372 g/mol. The molecule has 0 spiro atoms. The maximum atomic E-state index is 6.62. The van der Waals surface area contributed by atoms with Crippen LogP contribution in [0.4, 0.5) is 11.4 Å². The number of hydrogen-bond acceptors (Lipinski definition) is 4. The standard InChI is InChI=1S/C26H20N2O2/c27-23-21-15-17-9-7-8-10-18(17)16-22(21)24(28)26(30-20-13-5-2-6-14-20)25(23)29-19-11-3-1-4-12-19/h1-16H,27-28H2. The third kappa shape index (κ3) is 3.14. The fourth-order valence-electron chi connectivity index (χ4n) is 3.59. The van der Waals surface area contributed by atoms with E-state index in [1.807, 2.05) is 84.9 Å². The lowest BCUT2D eigenvalue weighted by atomic mass is 10.00. The van der Waals surface area contributed by atoms with Gasteiger partial charge in [-0.25, -0.2) is 0 Å². The summed E-state index contributed by atoms with van der Waals surface area (Å²) in [6, 6.07) is 31.1. The minimum Gasteiger partial charge on any atom is -0.451 e. The van der Waals surface area contributed by atoms with Crippen LogP contribution in [0.15, 0.2) is 97.1 Å². The largest absolute Gasteiger partial charge is 0.451 e. The van der Waals surface area contributed by atoms with E-state index < -0.39 is 0 Å². The molecule has 0 aliphatic rings. The van der Waals surface area contributed by atoms with Crippen LogP contribution in [0, 0.1) is 0 Å². The average Bonchev–Trinajstić information content (AvgIpc) is 2.80. The highest BCUT2D eigenvalue weighted by molar-refractivity contribution is 6.12. The van der Waals surface area contributed by atoms with Crippen molar-refractivity contribution < 1.29 is 9.47 Å². The number of anilines is 2. The van der Waals surface area contributed by atoms with E-state index in [9.17, 15) is 0 Å². The second-order valence-corrected chi connectivity index (χ2v) is 7.06. The second-order valence-electron chi connectivity index (χ2n) is 7.06. The Labute approximate surface area is 174 Å². The maximum absolute atomic E-state index is 6.62. The van der Waals surface area contributed by atoms with E-state index >= 15 is 0 Å². The van der Waals surface area contributed by atoms with Gasteiger partial charge in [-0.2, -0.15) is 0 Å². The number of nitrogens with two attached hydrogens (primary N) is 2. The Balaban J connectivity index is 1.77. The zero-order valence-electron chi connectivity index (χ0n) is 16.2. The van der Waals surface area contributed by atoms with Crippen LogP contribution in [0.25, 0.3) is 21.5 Å². The molecule has 0 saturated heterocycles. The first-order valence-electron chi connectivity index (χ1n) is 9.70. The molecule has 0 fully saturated rings. The minimum absolute atomic E-state index is 0.408. The van der Waals surface area contributed by atoms with E-state index in [0.717, 1.165) is 21.5 Å². The van der Waals surface area contributed by atoms with Gasteiger partial charge in [-0.3, -0.25) is 0 Å². The summed E-state index contributed by atoms with van der Waals surface area (Å²) in [5.74, 6) is 2.12. The zero-order chi connectivity index (χ0) is 20.5. The van der Waals surface area contributed by atoms with Gasteiger partial charge in [0.2, 0.25) is 0 Å². The summed E-state index contributed by atoms with van der Waals surface area (Å²) in [5, 5.41) is 3.83. The van der Waals surface area contributed by atoms with Crippen molar-refractivity contribution in [1.29, 1.82) is 0 Å². The van der Waals surface area contributed by atoms with Gasteiger partial charge in [-0.1, -0.05) is 60.7 Å². The Morgan fingerprint density at radius 1 is 0.467 bits per heavy atom. The lowest BCUT2D eigenvalue weighted by molar-refractivity contribution is 0.423. The van der Waals surface area contributed by atoms with Gasteiger partial charge in [0.1, 0.15) is 11.5 Å². The Hall–Kier alpha value is -4.18. The minimum atomic E-state index is 0.408. The van der Waals surface area contributed by atoms with Crippen molar-refractivity contribution in [3.8, 4) is 23.0 Å². The van der Waals surface area contributed by atoms with Gasteiger partial charge in [0.05, 0.1) is 11.4 Å². The predicted molar refractivity (Wildman–Crippen MR) is 123 cm³/mol. The lowest BCUT2D eigenvalue weighted by Gasteiger charge is -2.19. The highest BCUT2D eigenvalue weighted by atomic mass is 16.5. The molecule has 0 radical (unpaired) electrons. The molecule has 0 bridgehead atoms. The van der Waals surface area contributed by atoms with Crippen LogP contribution >= 0.6 is 0 Å². The van der Waals surface area contributed by atoms with Crippen LogP contribution in [0.5, 0.6) is 23.0 Å². The molecule has 0 saturated carbocycles. The average molecular weight is 392 g/mol. The van der Waals surface area contributed by atoms with Crippen LogP contribution in [-0.4, -0.2) is 0 Å². The summed E-state index contributed by atoms with van der Waals surface area (Å²) in [6.07, 6.45) is 0. The molecule has 5 rings (SSSR count). The van der Waals surface area contributed by atoms with Crippen LogP contribution in [0.3, 0.4) is 0 Å². The van der Waals surface area contributed by atoms with Crippen molar-refractivity contribution in [2.45, 2.75) is 0 Å².